The zero-order valence-corrected chi connectivity index (χ0v) is 8.82. The van der Waals surface area contributed by atoms with E-state index < -0.39 is 0 Å². The molecule has 0 radical (unpaired) electrons. The molecule has 1 N–H and O–H groups in total. The molecule has 0 saturated carbocycles. The van der Waals surface area contributed by atoms with E-state index in [0.29, 0.717) is 15.7 Å². The van der Waals surface area contributed by atoms with E-state index in [9.17, 15) is 0 Å². The van der Waals surface area contributed by atoms with E-state index >= 15 is 0 Å². The van der Waals surface area contributed by atoms with Gasteiger partial charge in [0, 0.05) is 5.02 Å². The van der Waals surface area contributed by atoms with Crippen molar-refractivity contribution in [3.63, 3.8) is 0 Å². The predicted octanol–water partition coefficient (Wildman–Crippen LogP) is 3.71. The molecular formula is C8H9Cl2N3. The summed E-state index contributed by atoms with van der Waals surface area (Å²) in [5, 5.41) is 8.34. The lowest BCUT2D eigenvalue weighted by Crippen LogP contribution is -1.89. The van der Waals surface area contributed by atoms with Gasteiger partial charge in [0.25, 0.3) is 0 Å². The third kappa shape index (κ3) is 2.57. The number of nitrogens with zero attached hydrogens (tertiary/aromatic N) is 2. The van der Waals surface area contributed by atoms with Crippen LogP contribution < -0.4 is 5.43 Å². The molecule has 0 bridgehead atoms. The molecular weight excluding hydrogens is 209 g/mol. The molecule has 0 aliphatic carbocycles. The van der Waals surface area contributed by atoms with Crippen LogP contribution in [0.3, 0.4) is 0 Å². The van der Waals surface area contributed by atoms with Crippen molar-refractivity contribution in [2.45, 2.75) is 6.92 Å². The first-order valence-corrected chi connectivity index (χ1v) is 4.41. The highest BCUT2D eigenvalue weighted by atomic mass is 35.5. The van der Waals surface area contributed by atoms with E-state index in [1.165, 1.54) is 0 Å². The van der Waals surface area contributed by atoms with Gasteiger partial charge in [-0.1, -0.05) is 28.4 Å². The number of aryl methyl sites for hydroxylation is 1. The summed E-state index contributed by atoms with van der Waals surface area (Å²) in [7, 11) is 1.57. The summed E-state index contributed by atoms with van der Waals surface area (Å²) in [5.41, 5.74) is 4.35. The lowest BCUT2D eigenvalue weighted by atomic mass is 10.2. The number of anilines is 1. The van der Waals surface area contributed by atoms with Crippen LogP contribution in [-0.2, 0) is 0 Å². The Kier molecular flexibility index (Phi) is 3.51. The number of hydrogen-bond donors (Lipinski definition) is 1. The van der Waals surface area contributed by atoms with Crippen LogP contribution in [0.25, 0.3) is 0 Å². The zero-order chi connectivity index (χ0) is 9.84. The maximum Gasteiger partial charge on any atom is 0.0768 e. The van der Waals surface area contributed by atoms with Gasteiger partial charge >= 0.3 is 0 Å². The molecule has 5 heteroatoms. The van der Waals surface area contributed by atoms with Gasteiger partial charge in [0.05, 0.1) is 17.8 Å². The van der Waals surface area contributed by atoms with Crippen LogP contribution in [0.1, 0.15) is 5.56 Å². The number of halogens is 2. The monoisotopic (exact) mass is 217 g/mol. The number of hydrogen-bond acceptors (Lipinski definition) is 2. The third-order valence-electron chi connectivity index (χ3n) is 1.52. The summed E-state index contributed by atoms with van der Waals surface area (Å²) < 4.78 is 0. The van der Waals surface area contributed by atoms with E-state index in [1.54, 1.807) is 13.1 Å². The molecule has 1 aromatic rings. The van der Waals surface area contributed by atoms with E-state index in [4.69, 9.17) is 23.2 Å². The fourth-order valence-corrected chi connectivity index (χ4v) is 1.27. The number of rotatable bonds is 2. The van der Waals surface area contributed by atoms with Gasteiger partial charge in [-0.3, -0.25) is 5.43 Å². The first-order valence-electron chi connectivity index (χ1n) is 3.65. The molecule has 0 fully saturated rings. The Bertz CT molecular complexity index is 336. The van der Waals surface area contributed by atoms with E-state index in [1.807, 2.05) is 13.0 Å². The van der Waals surface area contributed by atoms with Crippen molar-refractivity contribution in [2.24, 2.45) is 10.3 Å². The Labute approximate surface area is 86.7 Å². The maximum atomic E-state index is 5.89. The van der Waals surface area contributed by atoms with Crippen LogP contribution in [0.15, 0.2) is 22.5 Å². The summed E-state index contributed by atoms with van der Waals surface area (Å²) in [4.78, 5) is 0. The normalized spacial score (nSPS) is 10.8. The van der Waals surface area contributed by atoms with Crippen molar-refractivity contribution < 1.29 is 0 Å². The molecule has 0 heterocycles. The van der Waals surface area contributed by atoms with Crippen molar-refractivity contribution >= 4 is 28.9 Å². The summed E-state index contributed by atoms with van der Waals surface area (Å²) in [6.45, 7) is 1.90. The lowest BCUT2D eigenvalue weighted by molar-refractivity contribution is 1.08. The zero-order valence-electron chi connectivity index (χ0n) is 7.31. The summed E-state index contributed by atoms with van der Waals surface area (Å²) in [6.07, 6.45) is 0. The topological polar surface area (TPSA) is 36.8 Å². The first kappa shape index (κ1) is 10.3. The second-order valence-electron chi connectivity index (χ2n) is 2.49. The highest BCUT2D eigenvalue weighted by Gasteiger charge is 2.03. The minimum atomic E-state index is 0.531. The van der Waals surface area contributed by atoms with E-state index in [2.05, 4.69) is 15.8 Å². The Morgan fingerprint density at radius 1 is 1.23 bits per heavy atom. The predicted molar refractivity (Wildman–Crippen MR) is 55.6 cm³/mol. The van der Waals surface area contributed by atoms with Crippen molar-refractivity contribution in [3.05, 3.63) is 27.7 Å². The molecule has 0 aromatic heterocycles. The second kappa shape index (κ2) is 4.44. The van der Waals surface area contributed by atoms with Gasteiger partial charge in [-0.15, -0.1) is 0 Å². The van der Waals surface area contributed by atoms with E-state index in [0.717, 1.165) is 5.56 Å². The molecule has 0 amide bonds. The summed E-state index contributed by atoms with van der Waals surface area (Å²) >= 11 is 11.7. The first-order chi connectivity index (χ1) is 6.15. The van der Waals surface area contributed by atoms with Gasteiger partial charge in [-0.25, -0.2) is 0 Å². The molecule has 0 aliphatic rings. The Balaban J connectivity index is 3.01. The molecule has 0 unspecified atom stereocenters. The average molecular weight is 218 g/mol. The van der Waals surface area contributed by atoms with Gasteiger partial charge in [0.2, 0.25) is 0 Å². The Hall–Kier alpha value is -0.800. The molecule has 13 heavy (non-hydrogen) atoms. The molecule has 1 rings (SSSR count). The molecule has 1 aromatic carbocycles. The Morgan fingerprint density at radius 3 is 2.54 bits per heavy atom. The fourth-order valence-electron chi connectivity index (χ4n) is 0.847. The highest BCUT2D eigenvalue weighted by Crippen LogP contribution is 2.28. The number of nitrogens with one attached hydrogen (secondary N) is 1. The largest absolute Gasteiger partial charge is 0.259 e. The van der Waals surface area contributed by atoms with Gasteiger partial charge < -0.3 is 0 Å². The standard InChI is InChI=1S/C8H9Cl2N3/c1-5-3-8(12-13-11-2)7(10)4-6(5)9/h3-4H,1-2H3,(H,11,12). The van der Waals surface area contributed by atoms with Gasteiger partial charge in [0.1, 0.15) is 0 Å². The molecule has 0 saturated heterocycles. The molecule has 0 atom stereocenters. The lowest BCUT2D eigenvalue weighted by Gasteiger charge is -2.04. The quantitative estimate of drug-likeness (QED) is 0.596. The van der Waals surface area contributed by atoms with Gasteiger partial charge in [-0.2, -0.15) is 5.11 Å². The van der Waals surface area contributed by atoms with Crippen LogP contribution in [0, 0.1) is 6.92 Å². The smallest absolute Gasteiger partial charge is 0.0768 e. The second-order valence-corrected chi connectivity index (χ2v) is 3.31. The summed E-state index contributed by atoms with van der Waals surface area (Å²) in [6, 6.07) is 3.49. The molecule has 3 nitrogen and oxygen atoms in total. The van der Waals surface area contributed by atoms with Crippen LogP contribution in [0.2, 0.25) is 10.0 Å². The van der Waals surface area contributed by atoms with E-state index in [-0.39, 0.29) is 0 Å². The van der Waals surface area contributed by atoms with Crippen molar-refractivity contribution in [1.82, 2.24) is 0 Å². The van der Waals surface area contributed by atoms with Gasteiger partial charge in [0.15, 0.2) is 0 Å². The van der Waals surface area contributed by atoms with Crippen molar-refractivity contribution in [3.8, 4) is 0 Å². The maximum absolute atomic E-state index is 5.89. The molecule has 0 aliphatic heterocycles. The molecule has 0 spiro atoms. The summed E-state index contributed by atoms with van der Waals surface area (Å²) in [5.74, 6) is 0. The average Bonchev–Trinajstić information content (AvgIpc) is 2.09. The van der Waals surface area contributed by atoms with Crippen LogP contribution in [-0.4, -0.2) is 7.05 Å². The highest BCUT2D eigenvalue weighted by molar-refractivity contribution is 6.36. The minimum absolute atomic E-state index is 0.531. The van der Waals surface area contributed by atoms with Crippen LogP contribution in [0.4, 0.5) is 5.69 Å². The van der Waals surface area contributed by atoms with Crippen LogP contribution >= 0.6 is 23.2 Å². The minimum Gasteiger partial charge on any atom is -0.259 e. The Morgan fingerprint density at radius 2 is 1.92 bits per heavy atom. The third-order valence-corrected chi connectivity index (χ3v) is 2.24. The fraction of sp³-hybridized carbons (Fsp3) is 0.250. The van der Waals surface area contributed by atoms with Crippen molar-refractivity contribution in [1.29, 1.82) is 0 Å². The van der Waals surface area contributed by atoms with Crippen molar-refractivity contribution in [2.75, 3.05) is 12.5 Å². The SMILES string of the molecule is CN=NNc1cc(C)c(Cl)cc1Cl. The number of benzene rings is 1. The molecule has 70 valence electrons. The van der Waals surface area contributed by atoms with Gasteiger partial charge in [-0.05, 0) is 24.6 Å². The van der Waals surface area contributed by atoms with Crippen LogP contribution in [0.5, 0.6) is 0 Å².